The van der Waals surface area contributed by atoms with Gasteiger partial charge in [0.2, 0.25) is 5.88 Å². The molecule has 0 amide bonds. The molecule has 0 fully saturated rings. The number of anilines is 1. The molecule has 100 valence electrons. The summed E-state index contributed by atoms with van der Waals surface area (Å²) in [6.07, 6.45) is 2.75. The lowest BCUT2D eigenvalue weighted by Gasteiger charge is -2.15. The van der Waals surface area contributed by atoms with Gasteiger partial charge >= 0.3 is 0 Å². The Morgan fingerprint density at radius 1 is 1.21 bits per heavy atom. The number of nitrogens with zero attached hydrogens (tertiary/aromatic N) is 1. The maximum absolute atomic E-state index is 5.86. The first-order chi connectivity index (χ1) is 9.26. The van der Waals surface area contributed by atoms with Crippen molar-refractivity contribution in [3.63, 3.8) is 0 Å². The first kappa shape index (κ1) is 13.4. The monoisotopic (exact) mass is 256 g/mol. The lowest BCUT2D eigenvalue weighted by Crippen LogP contribution is -2.05. The maximum atomic E-state index is 5.86. The lowest BCUT2D eigenvalue weighted by molar-refractivity contribution is 0.291. The van der Waals surface area contributed by atoms with E-state index in [0.717, 1.165) is 17.7 Å². The van der Waals surface area contributed by atoms with Crippen LogP contribution < -0.4 is 10.1 Å². The van der Waals surface area contributed by atoms with Crippen LogP contribution >= 0.6 is 0 Å². The Hall–Kier alpha value is -2.03. The van der Waals surface area contributed by atoms with Crippen molar-refractivity contribution < 1.29 is 4.74 Å². The highest BCUT2D eigenvalue weighted by molar-refractivity contribution is 5.54. The summed E-state index contributed by atoms with van der Waals surface area (Å²) in [5.74, 6) is 0.704. The Morgan fingerprint density at radius 3 is 2.74 bits per heavy atom. The number of rotatable bonds is 5. The molecule has 0 aliphatic heterocycles. The summed E-state index contributed by atoms with van der Waals surface area (Å²) in [7, 11) is 1.93. The average molecular weight is 256 g/mol. The van der Waals surface area contributed by atoms with E-state index in [-0.39, 0.29) is 0 Å². The van der Waals surface area contributed by atoms with Crippen LogP contribution in [0.2, 0.25) is 0 Å². The van der Waals surface area contributed by atoms with E-state index in [9.17, 15) is 0 Å². The van der Waals surface area contributed by atoms with E-state index in [1.807, 2.05) is 26.1 Å². The van der Waals surface area contributed by atoms with Crippen molar-refractivity contribution in [1.29, 1.82) is 0 Å². The smallest absolute Gasteiger partial charge is 0.216 e. The summed E-state index contributed by atoms with van der Waals surface area (Å²) < 4.78 is 5.86. The third-order valence-electron chi connectivity index (χ3n) is 3.24. The number of ether oxygens (including phenoxy) is 1. The second-order valence-electron chi connectivity index (χ2n) is 4.46. The number of aryl methyl sites for hydroxylation is 2. The number of pyridine rings is 1. The molecule has 0 radical (unpaired) electrons. The van der Waals surface area contributed by atoms with Crippen molar-refractivity contribution in [3.05, 3.63) is 53.2 Å². The van der Waals surface area contributed by atoms with Crippen LogP contribution in [0.5, 0.6) is 5.88 Å². The Bertz CT molecular complexity index is 530. The van der Waals surface area contributed by atoms with E-state index >= 15 is 0 Å². The third kappa shape index (κ3) is 3.05. The predicted molar refractivity (Wildman–Crippen MR) is 78.7 cm³/mol. The Morgan fingerprint density at radius 2 is 2.05 bits per heavy atom. The molecule has 19 heavy (non-hydrogen) atoms. The summed E-state index contributed by atoms with van der Waals surface area (Å²) in [5, 5.41) is 3.22. The molecule has 1 N–H and O–H groups in total. The zero-order valence-electron chi connectivity index (χ0n) is 11.7. The van der Waals surface area contributed by atoms with Crippen LogP contribution in [-0.4, -0.2) is 12.0 Å². The molecule has 0 atom stereocenters. The van der Waals surface area contributed by atoms with E-state index in [4.69, 9.17) is 4.74 Å². The molecule has 2 rings (SSSR count). The Kier molecular flexibility index (Phi) is 4.39. The van der Waals surface area contributed by atoms with Gasteiger partial charge in [0, 0.05) is 30.1 Å². The van der Waals surface area contributed by atoms with Crippen LogP contribution in [0.3, 0.4) is 0 Å². The third-order valence-corrected chi connectivity index (χ3v) is 3.24. The summed E-state index contributed by atoms with van der Waals surface area (Å²) >= 11 is 0. The first-order valence-electron chi connectivity index (χ1n) is 6.59. The molecule has 1 aromatic heterocycles. The minimum atomic E-state index is 0.540. The van der Waals surface area contributed by atoms with E-state index in [2.05, 4.69) is 35.4 Å². The summed E-state index contributed by atoms with van der Waals surface area (Å²) in [6, 6.07) is 10.2. The number of aromatic nitrogens is 1. The van der Waals surface area contributed by atoms with Crippen LogP contribution in [0.4, 0.5) is 5.69 Å². The van der Waals surface area contributed by atoms with Gasteiger partial charge in [-0.15, -0.1) is 0 Å². The maximum Gasteiger partial charge on any atom is 0.216 e. The van der Waals surface area contributed by atoms with Crippen molar-refractivity contribution in [2.24, 2.45) is 0 Å². The predicted octanol–water partition coefficient (Wildman–Crippen LogP) is 3.57. The number of hydrogen-bond donors (Lipinski definition) is 1. The molecule has 0 bridgehead atoms. The summed E-state index contributed by atoms with van der Waals surface area (Å²) in [5.41, 5.74) is 4.69. The molecule has 0 spiro atoms. The fraction of sp³-hybridized carbons (Fsp3) is 0.312. The highest BCUT2D eigenvalue weighted by atomic mass is 16.5. The molecular weight excluding hydrogens is 236 g/mol. The molecule has 3 heteroatoms. The Labute approximate surface area is 114 Å². The van der Waals surface area contributed by atoms with E-state index in [0.29, 0.717) is 12.5 Å². The van der Waals surface area contributed by atoms with E-state index in [1.165, 1.54) is 11.1 Å². The van der Waals surface area contributed by atoms with Gasteiger partial charge < -0.3 is 10.1 Å². The highest BCUT2D eigenvalue weighted by Crippen LogP contribution is 2.23. The highest BCUT2D eigenvalue weighted by Gasteiger charge is 2.08. The summed E-state index contributed by atoms with van der Waals surface area (Å²) in [4.78, 5) is 4.26. The van der Waals surface area contributed by atoms with Gasteiger partial charge in [0.15, 0.2) is 0 Å². The molecule has 0 saturated carbocycles. The van der Waals surface area contributed by atoms with Crippen molar-refractivity contribution in [2.45, 2.75) is 26.9 Å². The standard InChI is InChI=1S/C16H20N2O/c1-4-13-8-5-9-15(17-3)14(13)11-19-16-12(2)7-6-10-18-16/h5-10,17H,4,11H2,1-3H3. The minimum absolute atomic E-state index is 0.540. The van der Waals surface area contributed by atoms with Crippen LogP contribution in [0.15, 0.2) is 36.5 Å². The molecular formula is C16H20N2O. The average Bonchev–Trinajstić information content (AvgIpc) is 2.46. The van der Waals surface area contributed by atoms with Crippen molar-refractivity contribution >= 4 is 5.69 Å². The zero-order chi connectivity index (χ0) is 13.7. The fourth-order valence-electron chi connectivity index (χ4n) is 2.13. The zero-order valence-corrected chi connectivity index (χ0v) is 11.7. The van der Waals surface area contributed by atoms with Gasteiger partial charge in [-0.25, -0.2) is 4.98 Å². The van der Waals surface area contributed by atoms with Crippen molar-refractivity contribution in [2.75, 3.05) is 12.4 Å². The molecule has 1 heterocycles. The van der Waals surface area contributed by atoms with Crippen LogP contribution in [0.25, 0.3) is 0 Å². The molecule has 0 unspecified atom stereocenters. The van der Waals surface area contributed by atoms with Crippen LogP contribution in [0, 0.1) is 6.92 Å². The SMILES string of the molecule is CCc1cccc(NC)c1COc1ncccc1C. The number of hydrogen-bond acceptors (Lipinski definition) is 3. The normalized spacial score (nSPS) is 10.3. The van der Waals surface area contributed by atoms with Gasteiger partial charge in [0.05, 0.1) is 0 Å². The Balaban J connectivity index is 2.21. The van der Waals surface area contributed by atoms with Gasteiger partial charge in [0.25, 0.3) is 0 Å². The van der Waals surface area contributed by atoms with Gasteiger partial charge in [-0.1, -0.05) is 25.1 Å². The number of nitrogens with one attached hydrogen (secondary N) is 1. The minimum Gasteiger partial charge on any atom is -0.473 e. The molecule has 1 aromatic carbocycles. The van der Waals surface area contributed by atoms with Crippen LogP contribution in [-0.2, 0) is 13.0 Å². The van der Waals surface area contributed by atoms with Gasteiger partial charge in [-0.2, -0.15) is 0 Å². The van der Waals surface area contributed by atoms with E-state index < -0.39 is 0 Å². The lowest BCUT2D eigenvalue weighted by atomic mass is 10.0. The van der Waals surface area contributed by atoms with Gasteiger partial charge in [-0.05, 0) is 31.0 Å². The largest absolute Gasteiger partial charge is 0.473 e. The second kappa shape index (κ2) is 6.23. The van der Waals surface area contributed by atoms with E-state index in [1.54, 1.807) is 6.20 Å². The molecule has 0 aliphatic carbocycles. The fourth-order valence-corrected chi connectivity index (χ4v) is 2.13. The molecule has 2 aromatic rings. The van der Waals surface area contributed by atoms with Crippen molar-refractivity contribution in [3.8, 4) is 5.88 Å². The van der Waals surface area contributed by atoms with Gasteiger partial charge in [0.1, 0.15) is 6.61 Å². The number of benzene rings is 1. The quantitative estimate of drug-likeness (QED) is 0.888. The van der Waals surface area contributed by atoms with Crippen LogP contribution in [0.1, 0.15) is 23.6 Å². The molecule has 3 nitrogen and oxygen atoms in total. The molecule has 0 saturated heterocycles. The van der Waals surface area contributed by atoms with Crippen molar-refractivity contribution in [1.82, 2.24) is 4.98 Å². The second-order valence-corrected chi connectivity index (χ2v) is 4.46. The summed E-state index contributed by atoms with van der Waals surface area (Å²) in [6.45, 7) is 4.70. The topological polar surface area (TPSA) is 34.1 Å². The first-order valence-corrected chi connectivity index (χ1v) is 6.59. The molecule has 0 aliphatic rings. The van der Waals surface area contributed by atoms with Gasteiger partial charge in [-0.3, -0.25) is 0 Å².